The largest absolute Gasteiger partial charge is 0.492 e. The van der Waals surface area contributed by atoms with Gasteiger partial charge in [-0.05, 0) is 61.4 Å². The molecule has 0 unspecified atom stereocenters. The van der Waals surface area contributed by atoms with Gasteiger partial charge in [0, 0.05) is 24.0 Å². The van der Waals surface area contributed by atoms with Gasteiger partial charge in [0.1, 0.15) is 18.2 Å². The zero-order valence-electron chi connectivity index (χ0n) is 15.7. The molecule has 1 aliphatic heterocycles. The summed E-state index contributed by atoms with van der Waals surface area (Å²) in [7, 11) is -3.68. The highest BCUT2D eigenvalue weighted by atomic mass is 35.5. The van der Waals surface area contributed by atoms with Gasteiger partial charge in [0.25, 0.3) is 0 Å². The summed E-state index contributed by atoms with van der Waals surface area (Å²) in [5, 5.41) is 3.45. The van der Waals surface area contributed by atoms with Crippen molar-refractivity contribution in [3.05, 3.63) is 59.4 Å². The molecule has 0 aromatic heterocycles. The number of nitrogens with one attached hydrogen (secondary N) is 1. The van der Waals surface area contributed by atoms with Crippen LogP contribution in [0.2, 0.25) is 5.02 Å². The van der Waals surface area contributed by atoms with E-state index in [0.717, 1.165) is 12.1 Å². The molecule has 156 valence electrons. The van der Waals surface area contributed by atoms with E-state index >= 15 is 0 Å². The molecular weight excluding hydrogens is 419 g/mol. The molecule has 0 aliphatic carbocycles. The van der Waals surface area contributed by atoms with Gasteiger partial charge in [-0.15, -0.1) is 0 Å². The summed E-state index contributed by atoms with van der Waals surface area (Å²) in [5.74, 6) is -0.170. The summed E-state index contributed by atoms with van der Waals surface area (Å²) >= 11 is 5.81. The number of halogens is 2. The molecule has 2 aromatic rings. The van der Waals surface area contributed by atoms with Crippen molar-refractivity contribution in [2.45, 2.75) is 17.7 Å². The number of hydrogen-bond donors (Lipinski definition) is 1. The van der Waals surface area contributed by atoms with Crippen LogP contribution in [0.3, 0.4) is 0 Å². The first-order valence-corrected chi connectivity index (χ1v) is 11.1. The molecule has 1 saturated heterocycles. The fourth-order valence-corrected chi connectivity index (χ4v) is 4.73. The number of piperidine rings is 1. The number of carbonyl (C=O) groups is 1. The van der Waals surface area contributed by atoms with Crippen molar-refractivity contribution in [1.29, 1.82) is 0 Å². The summed E-state index contributed by atoms with van der Waals surface area (Å²) in [6.07, 6.45) is 0.870. The molecular formula is C20H22ClFN2O4S. The average molecular weight is 441 g/mol. The minimum absolute atomic E-state index is 0.0566. The Kier molecular flexibility index (Phi) is 7.10. The van der Waals surface area contributed by atoms with Gasteiger partial charge in [0.05, 0.1) is 11.4 Å². The first-order valence-electron chi connectivity index (χ1n) is 9.28. The lowest BCUT2D eigenvalue weighted by Crippen LogP contribution is -2.43. The van der Waals surface area contributed by atoms with E-state index < -0.39 is 15.8 Å². The van der Waals surface area contributed by atoms with E-state index in [2.05, 4.69) is 5.32 Å². The van der Waals surface area contributed by atoms with Gasteiger partial charge in [0.15, 0.2) is 0 Å². The second-order valence-corrected chi connectivity index (χ2v) is 9.10. The Labute approximate surface area is 174 Å². The second kappa shape index (κ2) is 9.56. The maximum atomic E-state index is 13.0. The van der Waals surface area contributed by atoms with Crippen LogP contribution in [-0.4, -0.2) is 44.9 Å². The van der Waals surface area contributed by atoms with Gasteiger partial charge >= 0.3 is 0 Å². The Morgan fingerprint density at radius 3 is 2.34 bits per heavy atom. The highest BCUT2D eigenvalue weighted by molar-refractivity contribution is 7.89. The number of benzene rings is 2. The number of hydrogen-bond acceptors (Lipinski definition) is 4. The van der Waals surface area contributed by atoms with Crippen molar-refractivity contribution in [3.63, 3.8) is 0 Å². The third-order valence-corrected chi connectivity index (χ3v) is 6.92. The van der Waals surface area contributed by atoms with E-state index in [1.807, 2.05) is 0 Å². The van der Waals surface area contributed by atoms with Crippen molar-refractivity contribution in [3.8, 4) is 5.75 Å². The molecule has 6 nitrogen and oxygen atoms in total. The zero-order chi connectivity index (χ0) is 20.9. The first kappa shape index (κ1) is 21.5. The van der Waals surface area contributed by atoms with Gasteiger partial charge in [-0.3, -0.25) is 4.79 Å². The van der Waals surface area contributed by atoms with Crippen LogP contribution in [-0.2, 0) is 14.8 Å². The van der Waals surface area contributed by atoms with E-state index in [1.54, 1.807) is 24.3 Å². The first-order chi connectivity index (χ1) is 13.9. The maximum absolute atomic E-state index is 13.0. The molecule has 1 aliphatic rings. The van der Waals surface area contributed by atoms with Crippen molar-refractivity contribution in [2.75, 3.05) is 26.2 Å². The van der Waals surface area contributed by atoms with Gasteiger partial charge in [-0.1, -0.05) is 11.6 Å². The summed E-state index contributed by atoms with van der Waals surface area (Å²) in [6.45, 7) is 1.18. The number of ether oxygens (including phenoxy) is 1. The molecule has 1 fully saturated rings. The van der Waals surface area contributed by atoms with E-state index in [-0.39, 0.29) is 29.8 Å². The normalized spacial score (nSPS) is 15.8. The summed E-state index contributed by atoms with van der Waals surface area (Å²) < 4.78 is 45.1. The van der Waals surface area contributed by atoms with Gasteiger partial charge < -0.3 is 10.1 Å². The molecule has 29 heavy (non-hydrogen) atoms. The zero-order valence-corrected chi connectivity index (χ0v) is 17.3. The van der Waals surface area contributed by atoms with Crippen LogP contribution in [0.25, 0.3) is 0 Å². The Morgan fingerprint density at radius 1 is 1.10 bits per heavy atom. The third-order valence-electron chi connectivity index (χ3n) is 4.76. The quantitative estimate of drug-likeness (QED) is 0.671. The van der Waals surface area contributed by atoms with Crippen molar-refractivity contribution >= 4 is 27.5 Å². The molecule has 0 radical (unpaired) electrons. The maximum Gasteiger partial charge on any atom is 0.243 e. The highest BCUT2D eigenvalue weighted by Crippen LogP contribution is 2.24. The molecule has 0 saturated carbocycles. The summed E-state index contributed by atoms with van der Waals surface area (Å²) in [4.78, 5) is 12.4. The minimum atomic E-state index is -3.68. The highest BCUT2D eigenvalue weighted by Gasteiger charge is 2.31. The van der Waals surface area contributed by atoms with Crippen LogP contribution in [0.15, 0.2) is 53.4 Å². The van der Waals surface area contributed by atoms with Crippen LogP contribution in [0, 0.1) is 11.7 Å². The minimum Gasteiger partial charge on any atom is -0.492 e. The number of amides is 1. The van der Waals surface area contributed by atoms with Gasteiger partial charge in [-0.2, -0.15) is 4.31 Å². The summed E-state index contributed by atoms with van der Waals surface area (Å²) in [5.41, 5.74) is 0. The Morgan fingerprint density at radius 2 is 1.72 bits per heavy atom. The molecule has 1 heterocycles. The van der Waals surface area contributed by atoms with E-state index in [1.165, 1.54) is 16.4 Å². The lowest BCUT2D eigenvalue weighted by molar-refractivity contribution is -0.126. The van der Waals surface area contributed by atoms with Crippen molar-refractivity contribution in [2.24, 2.45) is 5.92 Å². The number of rotatable bonds is 7. The molecule has 3 rings (SSSR count). The Balaban J connectivity index is 1.43. The molecule has 0 bridgehead atoms. The lowest BCUT2D eigenvalue weighted by atomic mass is 9.97. The van der Waals surface area contributed by atoms with Crippen LogP contribution in [0.4, 0.5) is 4.39 Å². The standard InChI is InChI=1S/C20H22ClFN2O4S/c21-16-1-5-18(6-2-16)28-14-11-23-20(25)15-9-12-24(13-10-15)29(26,27)19-7-3-17(22)4-8-19/h1-8,15H,9-14H2,(H,23,25). The predicted octanol–water partition coefficient (Wildman–Crippen LogP) is 3.08. The molecule has 9 heteroatoms. The van der Waals surface area contributed by atoms with E-state index in [9.17, 15) is 17.6 Å². The lowest BCUT2D eigenvalue weighted by Gasteiger charge is -2.30. The van der Waals surface area contributed by atoms with Crippen molar-refractivity contribution < 1.29 is 22.3 Å². The van der Waals surface area contributed by atoms with Crippen molar-refractivity contribution in [1.82, 2.24) is 9.62 Å². The smallest absolute Gasteiger partial charge is 0.243 e. The monoisotopic (exact) mass is 440 g/mol. The SMILES string of the molecule is O=C(NCCOc1ccc(Cl)cc1)C1CCN(S(=O)(=O)c2ccc(F)cc2)CC1. The number of sulfonamides is 1. The fourth-order valence-electron chi connectivity index (χ4n) is 3.13. The summed E-state index contributed by atoms with van der Waals surface area (Å²) in [6, 6.07) is 11.7. The van der Waals surface area contributed by atoms with E-state index in [4.69, 9.17) is 16.3 Å². The predicted molar refractivity (Wildman–Crippen MR) is 108 cm³/mol. The molecule has 0 spiro atoms. The number of nitrogens with zero attached hydrogens (tertiary/aromatic N) is 1. The topological polar surface area (TPSA) is 75.7 Å². The second-order valence-electron chi connectivity index (χ2n) is 6.73. The molecule has 0 atom stereocenters. The van der Waals surface area contributed by atoms with Gasteiger partial charge in [0.2, 0.25) is 15.9 Å². The third kappa shape index (κ3) is 5.68. The fraction of sp³-hybridized carbons (Fsp3) is 0.350. The number of carbonyl (C=O) groups excluding carboxylic acids is 1. The van der Waals surface area contributed by atoms with Crippen LogP contribution in [0.1, 0.15) is 12.8 Å². The average Bonchev–Trinajstić information content (AvgIpc) is 2.73. The van der Waals surface area contributed by atoms with Crippen LogP contribution < -0.4 is 10.1 Å². The molecule has 2 aromatic carbocycles. The van der Waals surface area contributed by atoms with Crippen LogP contribution in [0.5, 0.6) is 5.75 Å². The molecule has 1 N–H and O–H groups in total. The van der Waals surface area contributed by atoms with Crippen LogP contribution >= 0.6 is 11.6 Å². The Bertz CT molecular complexity index is 928. The molecule has 1 amide bonds. The van der Waals surface area contributed by atoms with Gasteiger partial charge in [-0.25, -0.2) is 12.8 Å². The van der Waals surface area contributed by atoms with E-state index in [0.29, 0.717) is 36.8 Å². The Hall–Kier alpha value is -2.16.